The first-order valence-electron chi connectivity index (χ1n) is 9.02. The summed E-state index contributed by atoms with van der Waals surface area (Å²) in [6.45, 7) is 4.10. The molecule has 2 heterocycles. The molecule has 0 saturated carbocycles. The van der Waals surface area contributed by atoms with Crippen LogP contribution in [0, 0.1) is 12.7 Å². The Morgan fingerprint density at radius 1 is 1.33 bits per heavy atom. The van der Waals surface area contributed by atoms with Gasteiger partial charge in [0.1, 0.15) is 11.5 Å². The maximum atomic E-state index is 14.3. The molecule has 0 fully saturated rings. The molecule has 0 bridgehead atoms. The predicted molar refractivity (Wildman–Crippen MR) is 104 cm³/mol. The van der Waals surface area contributed by atoms with E-state index in [-0.39, 0.29) is 23.1 Å². The van der Waals surface area contributed by atoms with Gasteiger partial charge in [0.15, 0.2) is 5.82 Å². The standard InChI is InChI=1S/C19H20F3N5O3/c1-9(2)27-8-19(21,22)17(30)26(4)14-7-23-18(25-15(14)27)24-13-6-12(20)11(16(28)29)5-10(13)3/h5-7,9H,8H2,1-4H3,(H,28,29)(H,23,24,25). The minimum Gasteiger partial charge on any atom is -0.478 e. The van der Waals surface area contributed by atoms with Gasteiger partial charge in [-0.25, -0.2) is 14.2 Å². The Morgan fingerprint density at radius 3 is 2.60 bits per heavy atom. The first kappa shape index (κ1) is 21.3. The van der Waals surface area contributed by atoms with Crippen LogP contribution in [-0.2, 0) is 4.79 Å². The van der Waals surface area contributed by atoms with Gasteiger partial charge >= 0.3 is 11.9 Å². The first-order chi connectivity index (χ1) is 13.9. The molecule has 0 radical (unpaired) electrons. The highest BCUT2D eigenvalue weighted by atomic mass is 19.3. The van der Waals surface area contributed by atoms with Crippen LogP contribution < -0.4 is 15.1 Å². The van der Waals surface area contributed by atoms with Gasteiger partial charge in [0.2, 0.25) is 5.95 Å². The van der Waals surface area contributed by atoms with E-state index in [2.05, 4.69) is 15.3 Å². The predicted octanol–water partition coefficient (Wildman–Crippen LogP) is 3.19. The van der Waals surface area contributed by atoms with Gasteiger partial charge in [-0.2, -0.15) is 13.8 Å². The van der Waals surface area contributed by atoms with Gasteiger partial charge in [-0.3, -0.25) is 4.79 Å². The second-order valence-corrected chi connectivity index (χ2v) is 7.27. The zero-order valence-electron chi connectivity index (χ0n) is 16.7. The maximum Gasteiger partial charge on any atom is 0.342 e. The Kier molecular flexibility index (Phi) is 5.31. The summed E-state index contributed by atoms with van der Waals surface area (Å²) in [5.41, 5.74) is 0.276. The number of aryl methyl sites for hydroxylation is 1. The second-order valence-electron chi connectivity index (χ2n) is 7.27. The second kappa shape index (κ2) is 7.47. The van der Waals surface area contributed by atoms with Crippen molar-refractivity contribution in [3.63, 3.8) is 0 Å². The molecule has 2 aromatic rings. The summed E-state index contributed by atoms with van der Waals surface area (Å²) in [7, 11) is 1.22. The van der Waals surface area contributed by atoms with Crippen LogP contribution in [0.1, 0.15) is 29.8 Å². The van der Waals surface area contributed by atoms with Crippen LogP contribution in [0.2, 0.25) is 0 Å². The number of hydrogen-bond acceptors (Lipinski definition) is 6. The molecule has 30 heavy (non-hydrogen) atoms. The largest absolute Gasteiger partial charge is 0.478 e. The van der Waals surface area contributed by atoms with Crippen LogP contribution in [0.3, 0.4) is 0 Å². The number of aromatic carboxylic acids is 1. The number of carbonyl (C=O) groups is 2. The number of amides is 1. The van der Waals surface area contributed by atoms with Gasteiger partial charge in [-0.15, -0.1) is 0 Å². The van der Waals surface area contributed by atoms with Gasteiger partial charge < -0.3 is 20.2 Å². The molecule has 11 heteroatoms. The van der Waals surface area contributed by atoms with Gasteiger partial charge in [0, 0.05) is 18.8 Å². The Bertz CT molecular complexity index is 1030. The van der Waals surface area contributed by atoms with E-state index in [1.807, 2.05) is 0 Å². The van der Waals surface area contributed by atoms with Crippen molar-refractivity contribution in [3.05, 3.63) is 35.3 Å². The topological polar surface area (TPSA) is 98.7 Å². The van der Waals surface area contributed by atoms with E-state index in [1.165, 1.54) is 18.1 Å². The fourth-order valence-corrected chi connectivity index (χ4v) is 3.11. The van der Waals surface area contributed by atoms with E-state index in [1.54, 1.807) is 20.8 Å². The zero-order chi connectivity index (χ0) is 22.4. The van der Waals surface area contributed by atoms with Crippen LogP contribution in [-0.4, -0.2) is 52.5 Å². The van der Waals surface area contributed by atoms with Gasteiger partial charge in [-0.1, -0.05) is 0 Å². The lowest BCUT2D eigenvalue weighted by atomic mass is 10.1. The van der Waals surface area contributed by atoms with Crippen molar-refractivity contribution in [1.82, 2.24) is 9.97 Å². The summed E-state index contributed by atoms with van der Waals surface area (Å²) < 4.78 is 42.8. The molecule has 2 N–H and O–H groups in total. The highest BCUT2D eigenvalue weighted by Gasteiger charge is 2.47. The number of rotatable bonds is 4. The minimum atomic E-state index is -3.61. The number of anilines is 4. The van der Waals surface area contributed by atoms with Crippen LogP contribution in [0.25, 0.3) is 0 Å². The molecular formula is C19H20F3N5O3. The van der Waals surface area contributed by atoms with E-state index < -0.39 is 41.8 Å². The Labute approximate surface area is 170 Å². The third-order valence-corrected chi connectivity index (χ3v) is 4.78. The fraction of sp³-hybridized carbons (Fsp3) is 0.368. The fourth-order valence-electron chi connectivity index (χ4n) is 3.11. The lowest BCUT2D eigenvalue weighted by molar-refractivity contribution is -0.140. The van der Waals surface area contributed by atoms with E-state index >= 15 is 0 Å². The molecule has 0 saturated heterocycles. The monoisotopic (exact) mass is 423 g/mol. The van der Waals surface area contributed by atoms with Crippen molar-refractivity contribution in [2.24, 2.45) is 0 Å². The summed E-state index contributed by atoms with van der Waals surface area (Å²) in [4.78, 5) is 33.6. The Hall–Kier alpha value is -3.37. The summed E-state index contributed by atoms with van der Waals surface area (Å²) in [6, 6.07) is 1.76. The molecule has 0 aliphatic carbocycles. The molecular weight excluding hydrogens is 403 g/mol. The number of benzene rings is 1. The number of fused-ring (bicyclic) bond motifs is 1. The summed E-state index contributed by atoms with van der Waals surface area (Å²) >= 11 is 0. The molecule has 1 amide bonds. The average Bonchev–Trinajstić information content (AvgIpc) is 2.73. The highest BCUT2D eigenvalue weighted by Crippen LogP contribution is 2.36. The molecule has 1 aliphatic rings. The van der Waals surface area contributed by atoms with Crippen LogP contribution in [0.4, 0.5) is 36.3 Å². The van der Waals surface area contributed by atoms with Crippen molar-refractivity contribution in [1.29, 1.82) is 0 Å². The number of carboxylic acids is 1. The summed E-state index contributed by atoms with van der Waals surface area (Å²) in [6.07, 6.45) is 1.23. The third-order valence-electron chi connectivity index (χ3n) is 4.78. The molecule has 1 aromatic heterocycles. The van der Waals surface area contributed by atoms with Gasteiger partial charge in [0.05, 0.1) is 18.3 Å². The number of halogens is 3. The molecule has 1 aliphatic heterocycles. The quantitative estimate of drug-likeness (QED) is 0.779. The average molecular weight is 423 g/mol. The van der Waals surface area contributed by atoms with E-state index in [0.29, 0.717) is 5.56 Å². The van der Waals surface area contributed by atoms with Crippen molar-refractivity contribution in [2.75, 3.05) is 28.7 Å². The number of hydrogen-bond donors (Lipinski definition) is 2. The molecule has 8 nitrogen and oxygen atoms in total. The number of alkyl halides is 2. The first-order valence-corrected chi connectivity index (χ1v) is 9.02. The van der Waals surface area contributed by atoms with E-state index in [0.717, 1.165) is 17.0 Å². The number of nitrogens with zero attached hydrogens (tertiary/aromatic N) is 4. The maximum absolute atomic E-state index is 14.3. The molecule has 0 spiro atoms. The third kappa shape index (κ3) is 3.74. The summed E-state index contributed by atoms with van der Waals surface area (Å²) in [5.74, 6) is -7.21. The Balaban J connectivity index is 2.05. The molecule has 160 valence electrons. The van der Waals surface area contributed by atoms with Crippen LogP contribution in [0.15, 0.2) is 18.3 Å². The Morgan fingerprint density at radius 2 is 2.00 bits per heavy atom. The van der Waals surface area contributed by atoms with Crippen LogP contribution >= 0.6 is 0 Å². The normalized spacial score (nSPS) is 15.8. The van der Waals surface area contributed by atoms with Crippen molar-refractivity contribution < 1.29 is 27.9 Å². The van der Waals surface area contributed by atoms with Crippen molar-refractivity contribution in [3.8, 4) is 0 Å². The molecule has 0 unspecified atom stereocenters. The number of carbonyl (C=O) groups excluding carboxylic acids is 1. The van der Waals surface area contributed by atoms with Gasteiger partial charge in [-0.05, 0) is 38.5 Å². The molecule has 0 atom stereocenters. The smallest absolute Gasteiger partial charge is 0.342 e. The summed E-state index contributed by atoms with van der Waals surface area (Å²) in [5, 5.41) is 11.8. The van der Waals surface area contributed by atoms with Gasteiger partial charge in [0.25, 0.3) is 5.91 Å². The van der Waals surface area contributed by atoms with E-state index in [9.17, 15) is 22.8 Å². The SMILES string of the molecule is Cc1cc(C(=O)O)c(F)cc1Nc1ncc2c(n1)N(C(C)C)CC(F)(F)C(=O)N2C. The van der Waals surface area contributed by atoms with E-state index in [4.69, 9.17) is 5.11 Å². The van der Waals surface area contributed by atoms with Crippen LogP contribution in [0.5, 0.6) is 0 Å². The molecule has 3 rings (SSSR count). The highest BCUT2D eigenvalue weighted by molar-refractivity contribution is 6.02. The lowest BCUT2D eigenvalue weighted by Crippen LogP contribution is -2.47. The van der Waals surface area contributed by atoms with Crippen molar-refractivity contribution in [2.45, 2.75) is 32.7 Å². The minimum absolute atomic E-state index is 0.0176. The van der Waals surface area contributed by atoms with Crippen molar-refractivity contribution >= 4 is 35.0 Å². The number of aromatic nitrogens is 2. The lowest BCUT2D eigenvalue weighted by Gasteiger charge is -2.29. The zero-order valence-corrected chi connectivity index (χ0v) is 16.7. The molecule has 1 aromatic carbocycles. The number of nitrogens with one attached hydrogen (secondary N) is 1. The number of carboxylic acid groups (broad SMARTS) is 1.